The van der Waals surface area contributed by atoms with E-state index in [2.05, 4.69) is 37.5 Å². The third kappa shape index (κ3) is 2.75. The number of ether oxygens (including phenoxy) is 1. The molecule has 2 heterocycles. The summed E-state index contributed by atoms with van der Waals surface area (Å²) in [6, 6.07) is 7.99. The molecule has 3 rings (SSSR count). The molecular weight excluding hydrogens is 340 g/mol. The predicted octanol–water partition coefficient (Wildman–Crippen LogP) is 3.91. The number of aliphatic hydroxyl groups excluding tert-OH is 1. The smallest absolute Gasteiger partial charge is 0.412 e. The number of carbonyl (C=O) groups excluding carboxylic acids is 1. The molecule has 2 aliphatic rings. The first kappa shape index (κ1) is 19.7. The maximum Gasteiger partial charge on any atom is 0.412 e. The van der Waals surface area contributed by atoms with Gasteiger partial charge in [-0.1, -0.05) is 38.1 Å². The van der Waals surface area contributed by atoms with Crippen LogP contribution in [-0.4, -0.2) is 47.6 Å². The zero-order valence-corrected chi connectivity index (χ0v) is 17.3. The average Bonchev–Trinajstić information content (AvgIpc) is 3.07. The van der Waals surface area contributed by atoms with Crippen LogP contribution in [0.15, 0.2) is 36.9 Å². The molecule has 27 heavy (non-hydrogen) atoms. The van der Waals surface area contributed by atoms with Crippen LogP contribution in [0.1, 0.15) is 46.6 Å². The van der Waals surface area contributed by atoms with Crippen LogP contribution < -0.4 is 4.90 Å². The molecule has 2 aliphatic heterocycles. The van der Waals surface area contributed by atoms with Crippen molar-refractivity contribution in [2.24, 2.45) is 5.41 Å². The van der Waals surface area contributed by atoms with E-state index in [9.17, 15) is 9.90 Å². The molecular formula is C22H32N2O3. The number of para-hydroxylation sites is 1. The van der Waals surface area contributed by atoms with Crippen LogP contribution in [0.5, 0.6) is 0 Å². The summed E-state index contributed by atoms with van der Waals surface area (Å²) in [5.74, 6) is 0. The van der Waals surface area contributed by atoms with Gasteiger partial charge in [0.1, 0.15) is 11.8 Å². The van der Waals surface area contributed by atoms with Crippen molar-refractivity contribution < 1.29 is 14.6 Å². The first-order valence-electron chi connectivity index (χ1n) is 9.58. The Hall–Kier alpha value is -2.01. The van der Waals surface area contributed by atoms with Gasteiger partial charge >= 0.3 is 6.09 Å². The normalized spacial score (nSPS) is 27.4. The van der Waals surface area contributed by atoms with Crippen LogP contribution in [0.3, 0.4) is 0 Å². The van der Waals surface area contributed by atoms with E-state index < -0.39 is 5.60 Å². The third-order valence-electron chi connectivity index (χ3n) is 6.26. The number of rotatable bonds is 3. The summed E-state index contributed by atoms with van der Waals surface area (Å²) in [7, 11) is 2.02. The Labute approximate surface area is 162 Å². The molecule has 0 saturated carbocycles. The zero-order valence-electron chi connectivity index (χ0n) is 17.3. The number of likely N-dealkylation sites (tertiary alicyclic amines) is 1. The van der Waals surface area contributed by atoms with Gasteiger partial charge in [0, 0.05) is 18.2 Å². The molecule has 0 bridgehead atoms. The molecule has 0 aromatic heterocycles. The van der Waals surface area contributed by atoms with Gasteiger partial charge < -0.3 is 14.7 Å². The number of likely N-dealkylation sites (N-methyl/N-ethyl adjacent to an activating group) is 1. The number of fused-ring (bicyclic) bond motifs is 3. The van der Waals surface area contributed by atoms with E-state index >= 15 is 0 Å². The molecule has 0 spiro atoms. The largest absolute Gasteiger partial charge is 0.444 e. The minimum Gasteiger partial charge on any atom is -0.444 e. The number of anilines is 1. The van der Waals surface area contributed by atoms with Gasteiger partial charge in [0.15, 0.2) is 0 Å². The van der Waals surface area contributed by atoms with E-state index in [-0.39, 0.29) is 35.7 Å². The van der Waals surface area contributed by atoms with Gasteiger partial charge in [-0.25, -0.2) is 4.79 Å². The van der Waals surface area contributed by atoms with Crippen molar-refractivity contribution in [3.63, 3.8) is 0 Å². The molecule has 0 radical (unpaired) electrons. The molecule has 148 valence electrons. The van der Waals surface area contributed by atoms with Crippen LogP contribution >= 0.6 is 0 Å². The SMILES string of the molecule is C=CC(C)(C)[C@@]12C[C@@H](CO)N(C(=O)OC(C)(C)C)[C@@H]1N(C)c1ccccc12. The highest BCUT2D eigenvalue weighted by atomic mass is 16.6. The van der Waals surface area contributed by atoms with E-state index in [4.69, 9.17) is 4.74 Å². The molecule has 1 aromatic rings. The van der Waals surface area contributed by atoms with Gasteiger partial charge in [-0.15, -0.1) is 6.58 Å². The van der Waals surface area contributed by atoms with Crippen LogP contribution in [0.2, 0.25) is 0 Å². The Bertz CT molecular complexity index is 752. The number of amides is 1. The zero-order chi connectivity index (χ0) is 20.2. The van der Waals surface area contributed by atoms with E-state index in [1.807, 2.05) is 46.0 Å². The standard InChI is InChI=1S/C22H32N2O3/c1-8-21(5,6)22-13-15(14-25)24(19(26)27-20(2,3)4)18(22)23(7)17-12-10-9-11-16(17)22/h8-12,15,18,25H,1,13-14H2,2-7H3/t15-,18-,22+/m0/s1. The quantitative estimate of drug-likeness (QED) is 0.817. The van der Waals surface area contributed by atoms with Gasteiger partial charge in [-0.2, -0.15) is 0 Å². The number of nitrogens with zero attached hydrogens (tertiary/aromatic N) is 2. The van der Waals surface area contributed by atoms with E-state index in [1.165, 1.54) is 5.56 Å². The Kier molecular flexibility index (Phi) is 4.58. The first-order valence-corrected chi connectivity index (χ1v) is 9.58. The lowest BCUT2D eigenvalue weighted by Gasteiger charge is -2.45. The van der Waals surface area contributed by atoms with Crippen LogP contribution in [0.25, 0.3) is 0 Å². The number of hydrogen-bond acceptors (Lipinski definition) is 4. The molecule has 1 fully saturated rings. The van der Waals surface area contributed by atoms with Crippen molar-refractivity contribution in [1.82, 2.24) is 4.90 Å². The highest BCUT2D eigenvalue weighted by Gasteiger charge is 2.66. The monoisotopic (exact) mass is 372 g/mol. The Morgan fingerprint density at radius 2 is 1.96 bits per heavy atom. The summed E-state index contributed by atoms with van der Waals surface area (Å²) in [4.78, 5) is 17.1. The summed E-state index contributed by atoms with van der Waals surface area (Å²) in [6.45, 7) is 13.9. The maximum absolute atomic E-state index is 13.2. The van der Waals surface area contributed by atoms with Crippen LogP contribution in [0, 0.1) is 5.41 Å². The molecule has 1 aromatic carbocycles. The molecule has 0 aliphatic carbocycles. The van der Waals surface area contributed by atoms with Crippen molar-refractivity contribution in [3.8, 4) is 0 Å². The highest BCUT2D eigenvalue weighted by Crippen LogP contribution is 2.61. The molecule has 5 heteroatoms. The second-order valence-electron chi connectivity index (χ2n) is 9.33. The first-order chi connectivity index (χ1) is 12.5. The van der Waals surface area contributed by atoms with Gasteiger partial charge in [0.05, 0.1) is 12.6 Å². The minimum absolute atomic E-state index is 0.0965. The maximum atomic E-state index is 13.2. The second kappa shape index (κ2) is 6.26. The fraction of sp³-hybridized carbons (Fsp3) is 0.591. The van der Waals surface area contributed by atoms with E-state index in [0.29, 0.717) is 6.42 Å². The van der Waals surface area contributed by atoms with E-state index in [0.717, 1.165) is 5.69 Å². The number of allylic oxidation sites excluding steroid dienone is 1. The fourth-order valence-electron chi connectivity index (χ4n) is 4.91. The minimum atomic E-state index is -0.597. The summed E-state index contributed by atoms with van der Waals surface area (Å²) in [5.41, 5.74) is 1.06. The molecule has 1 amide bonds. The summed E-state index contributed by atoms with van der Waals surface area (Å²) in [6.07, 6.45) is 2.01. The number of benzene rings is 1. The van der Waals surface area contributed by atoms with Crippen molar-refractivity contribution >= 4 is 11.8 Å². The van der Waals surface area contributed by atoms with Crippen molar-refractivity contribution in [2.75, 3.05) is 18.6 Å². The van der Waals surface area contributed by atoms with Crippen molar-refractivity contribution in [3.05, 3.63) is 42.5 Å². The topological polar surface area (TPSA) is 53.0 Å². The van der Waals surface area contributed by atoms with Gasteiger partial charge in [0.25, 0.3) is 0 Å². The number of carbonyl (C=O) groups is 1. The number of hydrogen-bond donors (Lipinski definition) is 1. The van der Waals surface area contributed by atoms with Gasteiger partial charge in [-0.3, -0.25) is 4.90 Å². The summed E-state index contributed by atoms with van der Waals surface area (Å²) >= 11 is 0. The molecule has 5 nitrogen and oxygen atoms in total. The Morgan fingerprint density at radius 3 is 2.52 bits per heavy atom. The average molecular weight is 373 g/mol. The molecule has 3 atom stereocenters. The molecule has 1 N–H and O–H groups in total. The van der Waals surface area contributed by atoms with Gasteiger partial charge in [-0.05, 0) is 44.2 Å². The lowest BCUT2D eigenvalue weighted by molar-refractivity contribution is 0.00555. The Morgan fingerprint density at radius 1 is 1.33 bits per heavy atom. The van der Waals surface area contributed by atoms with Crippen molar-refractivity contribution in [2.45, 2.75) is 64.3 Å². The summed E-state index contributed by atoms with van der Waals surface area (Å²) in [5, 5.41) is 10.1. The van der Waals surface area contributed by atoms with Crippen LogP contribution in [-0.2, 0) is 10.2 Å². The second-order valence-corrected chi connectivity index (χ2v) is 9.33. The third-order valence-corrected chi connectivity index (χ3v) is 6.26. The van der Waals surface area contributed by atoms with Crippen molar-refractivity contribution in [1.29, 1.82) is 0 Å². The lowest BCUT2D eigenvalue weighted by atomic mass is 9.60. The molecule has 1 saturated heterocycles. The predicted molar refractivity (Wildman–Crippen MR) is 108 cm³/mol. The fourth-order valence-corrected chi connectivity index (χ4v) is 4.91. The summed E-state index contributed by atoms with van der Waals surface area (Å²) < 4.78 is 5.72. The Balaban J connectivity index is 2.19. The van der Waals surface area contributed by atoms with Crippen LogP contribution in [0.4, 0.5) is 10.5 Å². The van der Waals surface area contributed by atoms with E-state index in [1.54, 1.807) is 4.90 Å². The number of aliphatic hydroxyl groups is 1. The lowest BCUT2D eigenvalue weighted by Crippen LogP contribution is -2.57. The molecule has 0 unspecified atom stereocenters. The highest BCUT2D eigenvalue weighted by molar-refractivity contribution is 5.75. The van der Waals surface area contributed by atoms with Gasteiger partial charge in [0.2, 0.25) is 0 Å².